The molecule has 2 aromatic carbocycles. The number of halogens is 4. The van der Waals surface area contributed by atoms with Gasteiger partial charge in [-0.15, -0.1) is 0 Å². The zero-order valence-corrected chi connectivity index (χ0v) is 23.0. The third-order valence-electron chi connectivity index (χ3n) is 6.57. The molecule has 2 heterocycles. The molecule has 11 nitrogen and oxygen atoms in total. The van der Waals surface area contributed by atoms with Crippen LogP contribution in [0.25, 0.3) is 5.69 Å². The first-order valence-electron chi connectivity index (χ1n) is 12.5. The van der Waals surface area contributed by atoms with Crippen molar-refractivity contribution in [2.24, 2.45) is 0 Å². The Kier molecular flexibility index (Phi) is 8.48. The standard InChI is InChI=1S/C27H24ClF3N4O7/c1-3-20-21(24(38)39)23(37)34(12-15-5-4-6-19(22(15)28)27(29,30)31)25(40)35(20)17-9-7-16(8-10-17)33-13-18(42-26(33)41)11-32-14(2)36/h4-10,18H,3,11-13H2,1-2H3,(H,32,36)(H,38,39). The number of nitrogens with one attached hydrogen (secondary N) is 1. The lowest BCUT2D eigenvalue weighted by molar-refractivity contribution is -0.137. The van der Waals surface area contributed by atoms with Gasteiger partial charge in [0.2, 0.25) is 5.91 Å². The van der Waals surface area contributed by atoms with Crippen molar-refractivity contribution in [2.75, 3.05) is 18.0 Å². The number of rotatable bonds is 8. The van der Waals surface area contributed by atoms with E-state index in [1.54, 1.807) is 0 Å². The summed E-state index contributed by atoms with van der Waals surface area (Å²) in [5, 5.41) is 11.7. The van der Waals surface area contributed by atoms with Gasteiger partial charge in [0.25, 0.3) is 5.56 Å². The maximum absolute atomic E-state index is 13.7. The third kappa shape index (κ3) is 5.88. The van der Waals surface area contributed by atoms with Gasteiger partial charge in [-0.2, -0.15) is 13.2 Å². The van der Waals surface area contributed by atoms with Crippen LogP contribution in [0.5, 0.6) is 0 Å². The number of ether oxygens (including phenoxy) is 1. The van der Waals surface area contributed by atoms with Crippen LogP contribution in [0.4, 0.5) is 23.7 Å². The molecule has 1 saturated heterocycles. The van der Waals surface area contributed by atoms with Crippen molar-refractivity contribution in [3.63, 3.8) is 0 Å². The topological polar surface area (TPSA) is 140 Å². The van der Waals surface area contributed by atoms with Gasteiger partial charge in [0.15, 0.2) is 0 Å². The Bertz CT molecular complexity index is 1680. The maximum atomic E-state index is 13.7. The first kappa shape index (κ1) is 30.4. The van der Waals surface area contributed by atoms with Gasteiger partial charge in [-0.05, 0) is 42.3 Å². The smallest absolute Gasteiger partial charge is 0.417 e. The summed E-state index contributed by atoms with van der Waals surface area (Å²) in [6, 6.07) is 8.80. The zero-order chi connectivity index (χ0) is 30.9. The van der Waals surface area contributed by atoms with Crippen LogP contribution in [0.15, 0.2) is 52.1 Å². The fraction of sp³-hybridized carbons (Fsp3) is 0.296. The van der Waals surface area contributed by atoms with Gasteiger partial charge in [-0.3, -0.25) is 23.6 Å². The van der Waals surface area contributed by atoms with Crippen molar-refractivity contribution in [1.82, 2.24) is 14.5 Å². The molecule has 4 rings (SSSR count). The van der Waals surface area contributed by atoms with E-state index in [0.29, 0.717) is 10.3 Å². The van der Waals surface area contributed by atoms with Crippen molar-refractivity contribution in [3.05, 3.63) is 90.7 Å². The Balaban J connectivity index is 1.78. The number of hydrogen-bond acceptors (Lipinski definition) is 6. The number of alkyl halides is 3. The number of nitrogens with zero attached hydrogens (tertiary/aromatic N) is 3. The molecule has 0 aliphatic carbocycles. The normalized spacial score (nSPS) is 15.0. The van der Waals surface area contributed by atoms with E-state index in [1.165, 1.54) is 49.1 Å². The monoisotopic (exact) mass is 608 g/mol. The highest BCUT2D eigenvalue weighted by atomic mass is 35.5. The van der Waals surface area contributed by atoms with Crippen LogP contribution < -0.4 is 21.5 Å². The summed E-state index contributed by atoms with van der Waals surface area (Å²) in [4.78, 5) is 63.9. The molecule has 1 unspecified atom stereocenters. The average Bonchev–Trinajstić information content (AvgIpc) is 3.29. The van der Waals surface area contributed by atoms with Gasteiger partial charge in [0, 0.05) is 18.3 Å². The number of cyclic esters (lactones) is 1. The molecule has 1 aliphatic heterocycles. The Morgan fingerprint density at radius 1 is 1.10 bits per heavy atom. The fourth-order valence-corrected chi connectivity index (χ4v) is 4.91. The molecule has 0 saturated carbocycles. The first-order valence-corrected chi connectivity index (χ1v) is 12.9. The van der Waals surface area contributed by atoms with E-state index < -0.39 is 58.3 Å². The Labute approximate surface area is 240 Å². The molecule has 42 heavy (non-hydrogen) atoms. The second-order valence-corrected chi connectivity index (χ2v) is 9.71. The molecule has 1 aromatic heterocycles. The summed E-state index contributed by atoms with van der Waals surface area (Å²) in [6.07, 6.45) is -6.12. The molecule has 1 aliphatic rings. The van der Waals surface area contributed by atoms with Crippen LogP contribution in [0.3, 0.4) is 0 Å². The molecular formula is C27H24ClF3N4O7. The molecule has 0 bridgehead atoms. The minimum Gasteiger partial charge on any atom is -0.477 e. The number of carboxylic acids is 1. The highest BCUT2D eigenvalue weighted by Crippen LogP contribution is 2.36. The number of carbonyl (C=O) groups excluding carboxylic acids is 2. The van der Waals surface area contributed by atoms with E-state index >= 15 is 0 Å². The van der Waals surface area contributed by atoms with Crippen LogP contribution in [0.1, 0.15) is 41.0 Å². The van der Waals surface area contributed by atoms with Crippen LogP contribution in [0.2, 0.25) is 5.02 Å². The number of amides is 2. The SMILES string of the molecule is CCc1c(C(=O)O)c(=O)n(Cc2cccc(C(F)(F)F)c2Cl)c(=O)n1-c1ccc(N2CC(CNC(C)=O)OC2=O)cc1. The molecule has 2 N–H and O–H groups in total. The van der Waals surface area contributed by atoms with Gasteiger partial charge in [-0.1, -0.05) is 30.7 Å². The summed E-state index contributed by atoms with van der Waals surface area (Å²) >= 11 is 5.98. The van der Waals surface area contributed by atoms with Gasteiger partial charge >= 0.3 is 23.9 Å². The van der Waals surface area contributed by atoms with Crippen molar-refractivity contribution in [3.8, 4) is 5.69 Å². The highest BCUT2D eigenvalue weighted by molar-refractivity contribution is 6.32. The number of aromatic carboxylic acids is 1. The molecule has 0 spiro atoms. The quantitative estimate of drug-likeness (QED) is 0.399. The van der Waals surface area contributed by atoms with Crippen LogP contribution in [-0.4, -0.2) is 51.4 Å². The predicted molar refractivity (Wildman–Crippen MR) is 144 cm³/mol. The molecule has 0 radical (unpaired) electrons. The van der Waals surface area contributed by atoms with E-state index in [2.05, 4.69) is 5.32 Å². The second-order valence-electron chi connectivity index (χ2n) is 9.34. The maximum Gasteiger partial charge on any atom is 0.417 e. The molecule has 1 atom stereocenters. The van der Waals surface area contributed by atoms with Crippen molar-refractivity contribution < 1.29 is 37.4 Å². The summed E-state index contributed by atoms with van der Waals surface area (Å²) in [6.45, 7) is 2.38. The molecule has 222 valence electrons. The Morgan fingerprint density at radius 2 is 1.74 bits per heavy atom. The minimum absolute atomic E-state index is 0.0533. The number of anilines is 1. The largest absolute Gasteiger partial charge is 0.477 e. The summed E-state index contributed by atoms with van der Waals surface area (Å²) < 4.78 is 46.9. The molecule has 3 aromatic rings. The summed E-state index contributed by atoms with van der Waals surface area (Å²) in [7, 11) is 0. The van der Waals surface area contributed by atoms with Gasteiger partial charge in [-0.25, -0.2) is 14.4 Å². The Morgan fingerprint density at radius 3 is 2.31 bits per heavy atom. The van der Waals surface area contributed by atoms with Crippen molar-refractivity contribution >= 4 is 35.3 Å². The number of benzene rings is 2. The first-order chi connectivity index (χ1) is 19.7. The summed E-state index contributed by atoms with van der Waals surface area (Å²) in [5.74, 6) is -1.92. The number of hydrogen-bond donors (Lipinski definition) is 2. The third-order valence-corrected chi connectivity index (χ3v) is 7.02. The van der Waals surface area contributed by atoms with E-state index in [-0.39, 0.29) is 42.4 Å². The van der Waals surface area contributed by atoms with Crippen molar-refractivity contribution in [1.29, 1.82) is 0 Å². The molecule has 1 fully saturated rings. The fourth-order valence-electron chi connectivity index (χ4n) is 4.62. The average molecular weight is 609 g/mol. The lowest BCUT2D eigenvalue weighted by Gasteiger charge is -2.19. The minimum atomic E-state index is -4.80. The predicted octanol–water partition coefficient (Wildman–Crippen LogP) is 3.44. The summed E-state index contributed by atoms with van der Waals surface area (Å²) in [5.41, 5.74) is -3.93. The van der Waals surface area contributed by atoms with E-state index in [1.807, 2.05) is 0 Å². The number of aromatic nitrogens is 2. The van der Waals surface area contributed by atoms with Gasteiger partial charge in [0.1, 0.15) is 11.7 Å². The molecule has 15 heteroatoms. The lowest BCUT2D eigenvalue weighted by atomic mass is 10.1. The van der Waals surface area contributed by atoms with Crippen molar-refractivity contribution in [2.45, 2.75) is 39.1 Å². The second kappa shape index (κ2) is 11.7. The van der Waals surface area contributed by atoms with Crippen LogP contribution in [0, 0.1) is 0 Å². The Hall–Kier alpha value is -4.59. The van der Waals surface area contributed by atoms with Gasteiger partial charge < -0.3 is 15.2 Å². The number of carboxylic acid groups (broad SMARTS) is 1. The highest BCUT2D eigenvalue weighted by Gasteiger charge is 2.35. The van der Waals surface area contributed by atoms with Crippen LogP contribution in [-0.2, 0) is 28.7 Å². The van der Waals surface area contributed by atoms with Crippen LogP contribution >= 0.6 is 11.6 Å². The molecule has 2 amide bonds. The lowest BCUT2D eigenvalue weighted by Crippen LogP contribution is -2.44. The van der Waals surface area contributed by atoms with E-state index in [9.17, 15) is 42.3 Å². The zero-order valence-electron chi connectivity index (χ0n) is 22.2. The van der Waals surface area contributed by atoms with E-state index in [4.69, 9.17) is 16.3 Å². The molecular weight excluding hydrogens is 585 g/mol. The van der Waals surface area contributed by atoms with E-state index in [0.717, 1.165) is 16.7 Å². The number of carbonyl (C=O) groups is 3. The van der Waals surface area contributed by atoms with Gasteiger partial charge in [0.05, 0.1) is 35.9 Å².